The molecule has 0 radical (unpaired) electrons. The molecule has 0 spiro atoms. The quantitative estimate of drug-likeness (QED) is 0.381. The molecule has 2 amide bonds. The van der Waals surface area contributed by atoms with Gasteiger partial charge in [0.15, 0.2) is 0 Å². The van der Waals surface area contributed by atoms with Crippen LogP contribution in [0.5, 0.6) is 17.2 Å². The second-order valence-corrected chi connectivity index (χ2v) is 12.6. The molecule has 2 heterocycles. The van der Waals surface area contributed by atoms with Gasteiger partial charge in [0.25, 0.3) is 0 Å². The van der Waals surface area contributed by atoms with Crippen molar-refractivity contribution >= 4 is 23.7 Å². The number of nitrogens with one attached hydrogen (secondary N) is 1. The fourth-order valence-corrected chi connectivity index (χ4v) is 5.88. The lowest BCUT2D eigenvalue weighted by atomic mass is 10.0. The number of esters is 1. The monoisotopic (exact) mass is 594 g/mol. The number of anilines is 1. The first-order valence-electron chi connectivity index (χ1n) is 15.1. The van der Waals surface area contributed by atoms with Gasteiger partial charge >= 0.3 is 12.1 Å². The highest BCUT2D eigenvalue weighted by molar-refractivity contribution is 5.96. The van der Waals surface area contributed by atoms with Gasteiger partial charge in [-0.05, 0) is 89.1 Å². The number of amides is 2. The predicted molar refractivity (Wildman–Crippen MR) is 160 cm³/mol. The summed E-state index contributed by atoms with van der Waals surface area (Å²) in [6.45, 7) is 7.79. The number of carbonyl (C=O) groups excluding carboxylic acids is 3. The van der Waals surface area contributed by atoms with Crippen molar-refractivity contribution in [1.29, 1.82) is 0 Å². The number of rotatable bonds is 8. The van der Waals surface area contributed by atoms with Crippen LogP contribution in [-0.4, -0.2) is 67.0 Å². The molecule has 2 atom stereocenters. The largest absolute Gasteiger partial charge is 0.490 e. The summed E-state index contributed by atoms with van der Waals surface area (Å²) < 4.78 is 29.7. The number of nitrogens with zero attached hydrogens (tertiary/aromatic N) is 1. The molecule has 0 unspecified atom stereocenters. The Balaban J connectivity index is 1.35. The van der Waals surface area contributed by atoms with Crippen LogP contribution in [0.4, 0.5) is 10.5 Å². The highest BCUT2D eigenvalue weighted by Crippen LogP contribution is 2.36. The standard InChI is InChI=1S/C33H42N2O8/c1-20-14-27(30(31(37)39-5)28(15-20)42-23-8-6-7-9-23)40-19-22-16-25(18-35(22)32(38)43-33(2,3)4)41-24-12-10-21-11-13-29(36)34-26(21)17-24/h10,12,14-15,17,22-23,25H,6-9,11,13,16,18-19H2,1-5H3,(H,34,36)/t22-,25+/m1/s1. The maximum absolute atomic E-state index is 13.3. The molecule has 0 aromatic heterocycles. The summed E-state index contributed by atoms with van der Waals surface area (Å²) in [7, 11) is 1.33. The molecule has 3 aliphatic rings. The summed E-state index contributed by atoms with van der Waals surface area (Å²) in [5.74, 6) is 0.845. The molecule has 10 heteroatoms. The molecule has 5 rings (SSSR count). The Bertz CT molecular complexity index is 1360. The molecule has 0 bridgehead atoms. The van der Waals surface area contributed by atoms with Crippen molar-refractivity contribution < 1.29 is 38.1 Å². The van der Waals surface area contributed by atoms with Gasteiger partial charge in [-0.3, -0.25) is 9.69 Å². The summed E-state index contributed by atoms with van der Waals surface area (Å²) in [5.41, 5.74) is 2.26. The van der Waals surface area contributed by atoms with Crippen LogP contribution in [0.2, 0.25) is 0 Å². The van der Waals surface area contributed by atoms with Crippen molar-refractivity contribution in [1.82, 2.24) is 4.90 Å². The van der Waals surface area contributed by atoms with Gasteiger partial charge in [-0.15, -0.1) is 0 Å². The smallest absolute Gasteiger partial charge is 0.410 e. The molecule has 2 aromatic carbocycles. The van der Waals surface area contributed by atoms with Crippen LogP contribution in [0.3, 0.4) is 0 Å². The van der Waals surface area contributed by atoms with Gasteiger partial charge in [-0.2, -0.15) is 0 Å². The van der Waals surface area contributed by atoms with E-state index < -0.39 is 17.7 Å². The Morgan fingerprint density at radius 2 is 1.74 bits per heavy atom. The molecule has 232 valence electrons. The molecule has 10 nitrogen and oxygen atoms in total. The zero-order valence-electron chi connectivity index (χ0n) is 25.7. The number of hydrogen-bond acceptors (Lipinski definition) is 8. The average Bonchev–Trinajstić information content (AvgIpc) is 3.60. The Kier molecular flexibility index (Phi) is 9.03. The summed E-state index contributed by atoms with van der Waals surface area (Å²) in [4.78, 5) is 39.7. The van der Waals surface area contributed by atoms with E-state index in [1.165, 1.54) is 7.11 Å². The zero-order chi connectivity index (χ0) is 30.7. The van der Waals surface area contributed by atoms with Gasteiger partial charge in [-0.1, -0.05) is 6.07 Å². The minimum atomic E-state index is -0.681. The fraction of sp³-hybridized carbons (Fsp3) is 0.545. The maximum Gasteiger partial charge on any atom is 0.410 e. The van der Waals surface area contributed by atoms with Crippen LogP contribution < -0.4 is 19.5 Å². The first-order chi connectivity index (χ1) is 20.5. The van der Waals surface area contributed by atoms with Gasteiger partial charge in [-0.25, -0.2) is 9.59 Å². The minimum Gasteiger partial charge on any atom is -0.490 e. The molecule has 1 saturated carbocycles. The van der Waals surface area contributed by atoms with E-state index in [1.807, 2.05) is 52.0 Å². The Morgan fingerprint density at radius 1 is 1.00 bits per heavy atom. The Labute approximate surface area is 252 Å². The lowest BCUT2D eigenvalue weighted by Crippen LogP contribution is -2.42. The highest BCUT2D eigenvalue weighted by Gasteiger charge is 2.40. The third kappa shape index (κ3) is 7.53. The first-order valence-corrected chi connectivity index (χ1v) is 15.1. The molecule has 1 aliphatic carbocycles. The van der Waals surface area contributed by atoms with Crippen molar-refractivity contribution in [2.24, 2.45) is 0 Å². The average molecular weight is 595 g/mol. The van der Waals surface area contributed by atoms with Crippen LogP contribution in [-0.2, 0) is 20.7 Å². The molecule has 2 aliphatic heterocycles. The topological polar surface area (TPSA) is 113 Å². The van der Waals surface area contributed by atoms with E-state index in [0.717, 1.165) is 42.5 Å². The van der Waals surface area contributed by atoms with Crippen molar-refractivity contribution in [3.05, 3.63) is 47.0 Å². The Morgan fingerprint density at radius 3 is 2.47 bits per heavy atom. The van der Waals surface area contributed by atoms with Crippen LogP contribution in [0.25, 0.3) is 0 Å². The van der Waals surface area contributed by atoms with Gasteiger partial charge in [0.05, 0.1) is 25.8 Å². The van der Waals surface area contributed by atoms with Crippen molar-refractivity contribution in [3.63, 3.8) is 0 Å². The summed E-state index contributed by atoms with van der Waals surface area (Å²) in [6, 6.07) is 8.92. The number of hydrogen-bond donors (Lipinski definition) is 1. The SMILES string of the molecule is COC(=O)c1c(OC[C@H]2C[C@H](Oc3ccc4c(c3)NC(=O)CC4)CN2C(=O)OC(C)(C)C)cc(C)cc1OC1CCCC1. The van der Waals surface area contributed by atoms with Crippen LogP contribution >= 0.6 is 0 Å². The van der Waals surface area contributed by atoms with E-state index in [1.54, 1.807) is 11.0 Å². The van der Waals surface area contributed by atoms with E-state index >= 15 is 0 Å². The summed E-state index contributed by atoms with van der Waals surface area (Å²) in [6.07, 6.45) is 4.96. The predicted octanol–water partition coefficient (Wildman–Crippen LogP) is 5.82. The van der Waals surface area contributed by atoms with E-state index in [0.29, 0.717) is 43.1 Å². The number of likely N-dealkylation sites (tertiary alicyclic amines) is 1. The van der Waals surface area contributed by atoms with E-state index in [9.17, 15) is 14.4 Å². The minimum absolute atomic E-state index is 0.0156. The van der Waals surface area contributed by atoms with Gasteiger partial charge in [0.1, 0.15) is 41.1 Å². The number of methoxy groups -OCH3 is 1. The molecular formula is C33H42N2O8. The van der Waals surface area contributed by atoms with Crippen molar-refractivity contribution in [2.45, 2.75) is 96.5 Å². The number of aryl methyl sites for hydroxylation is 2. The Hall–Kier alpha value is -3.95. The number of benzene rings is 2. The molecule has 43 heavy (non-hydrogen) atoms. The molecule has 1 N–H and O–H groups in total. The summed E-state index contributed by atoms with van der Waals surface area (Å²) >= 11 is 0. The fourth-order valence-electron chi connectivity index (χ4n) is 5.88. The van der Waals surface area contributed by atoms with Crippen molar-refractivity contribution in [2.75, 3.05) is 25.6 Å². The maximum atomic E-state index is 13.3. The van der Waals surface area contributed by atoms with Crippen LogP contribution in [0.15, 0.2) is 30.3 Å². The van der Waals surface area contributed by atoms with Gasteiger partial charge in [0, 0.05) is 24.6 Å². The molecule has 2 fully saturated rings. The number of carbonyl (C=O) groups is 3. The third-order valence-electron chi connectivity index (χ3n) is 7.91. The molecule has 2 aromatic rings. The third-order valence-corrected chi connectivity index (χ3v) is 7.91. The first kappa shape index (κ1) is 30.5. The lowest BCUT2D eigenvalue weighted by Gasteiger charge is -2.28. The summed E-state index contributed by atoms with van der Waals surface area (Å²) in [5, 5.41) is 2.90. The molecule has 1 saturated heterocycles. The van der Waals surface area contributed by atoms with Crippen molar-refractivity contribution in [3.8, 4) is 17.2 Å². The van der Waals surface area contributed by atoms with Gasteiger partial charge < -0.3 is 29.0 Å². The number of fused-ring (bicyclic) bond motifs is 1. The van der Waals surface area contributed by atoms with Crippen LogP contribution in [0.1, 0.15) is 80.8 Å². The number of ether oxygens (including phenoxy) is 5. The second kappa shape index (κ2) is 12.7. The van der Waals surface area contributed by atoms with Gasteiger partial charge in [0.2, 0.25) is 5.91 Å². The molecular weight excluding hydrogens is 552 g/mol. The lowest BCUT2D eigenvalue weighted by molar-refractivity contribution is -0.116. The van der Waals surface area contributed by atoms with E-state index in [-0.39, 0.29) is 36.3 Å². The normalized spacial score (nSPS) is 20.3. The van der Waals surface area contributed by atoms with E-state index in [2.05, 4.69) is 5.32 Å². The second-order valence-electron chi connectivity index (χ2n) is 12.6. The zero-order valence-corrected chi connectivity index (χ0v) is 25.7. The van der Waals surface area contributed by atoms with Crippen LogP contribution in [0, 0.1) is 6.92 Å². The van der Waals surface area contributed by atoms with E-state index in [4.69, 9.17) is 23.7 Å². The highest BCUT2D eigenvalue weighted by atomic mass is 16.6.